The number of aliphatic hydroxyl groups is 3. The summed E-state index contributed by atoms with van der Waals surface area (Å²) in [6.07, 6.45) is 5.58. The van der Waals surface area contributed by atoms with E-state index in [9.17, 15) is 25.5 Å². The minimum absolute atomic E-state index is 0.00730. The number of aromatic hydroxyl groups is 2. The number of fused-ring (bicyclic) bond motifs is 9. The smallest absolute Gasteiger partial charge is 0.161 e. The van der Waals surface area contributed by atoms with Crippen molar-refractivity contribution in [2.45, 2.75) is 101 Å². The molecule has 8 N–H and O–H groups in total. The Morgan fingerprint density at radius 2 is 1.84 bits per heavy atom. The van der Waals surface area contributed by atoms with E-state index in [0.29, 0.717) is 94.2 Å². The van der Waals surface area contributed by atoms with Crippen LogP contribution in [0.25, 0.3) is 17.2 Å². The predicted molar refractivity (Wildman–Crippen MR) is 246 cm³/mol. The Kier molecular flexibility index (Phi) is 13.9. The number of aryl methyl sites for hydroxylation is 1. The molecule has 0 radical (unpaired) electrons. The van der Waals surface area contributed by atoms with Gasteiger partial charge >= 0.3 is 0 Å². The van der Waals surface area contributed by atoms with Gasteiger partial charge in [0.15, 0.2) is 17.6 Å². The summed E-state index contributed by atoms with van der Waals surface area (Å²) in [5, 5.41) is 66.1. The van der Waals surface area contributed by atoms with Gasteiger partial charge in [0.05, 0.1) is 38.0 Å². The van der Waals surface area contributed by atoms with Crippen molar-refractivity contribution in [3.8, 4) is 39.9 Å². The number of ether oxygens (including phenoxy) is 4. The monoisotopic (exact) mass is 878 g/mol. The minimum Gasteiger partial charge on any atom is -0.508 e. The molecule has 0 saturated heterocycles. The van der Waals surface area contributed by atoms with E-state index in [1.54, 1.807) is 6.07 Å². The SMILES string of the molecule is CNCO[C@]1(CNCNC[C@@](C)(O)CC(C)C)Cc2c3c(c4c(c2O[C@@H]1c1cc(CCCO)c(O)c(OC)c1)CC[C@H](CO)O4)-c1ccc(O)cc1[C@@H](Cc1ccc2c(c1)=CCN=2)C3. The van der Waals surface area contributed by atoms with Crippen LogP contribution in [0.4, 0.5) is 0 Å². The molecule has 5 atom stereocenters. The highest BCUT2D eigenvalue weighted by Crippen LogP contribution is 2.58. The topological polar surface area (TPSA) is 187 Å². The van der Waals surface area contributed by atoms with Gasteiger partial charge < -0.3 is 55.1 Å². The molecule has 4 aromatic carbocycles. The van der Waals surface area contributed by atoms with E-state index in [0.717, 1.165) is 61.7 Å². The van der Waals surface area contributed by atoms with Gasteiger partial charge in [-0.25, -0.2) is 0 Å². The van der Waals surface area contributed by atoms with Gasteiger partial charge in [0, 0.05) is 49.5 Å². The quantitative estimate of drug-likeness (QED) is 0.0497. The van der Waals surface area contributed by atoms with Gasteiger partial charge in [-0.1, -0.05) is 32.1 Å². The normalized spacial score (nSPS) is 21.5. The number of hydrogen-bond acceptors (Lipinski definition) is 13. The Bertz CT molecular complexity index is 2460. The predicted octanol–water partition coefficient (Wildman–Crippen LogP) is 4.22. The van der Waals surface area contributed by atoms with Gasteiger partial charge in [-0.05, 0) is 146 Å². The van der Waals surface area contributed by atoms with Crippen LogP contribution in [-0.4, -0.2) is 103 Å². The van der Waals surface area contributed by atoms with Crippen molar-refractivity contribution in [3.05, 3.63) is 98.1 Å². The molecule has 4 aliphatic rings. The molecule has 0 aromatic heterocycles. The van der Waals surface area contributed by atoms with Crippen LogP contribution in [0.5, 0.6) is 28.7 Å². The number of phenolic OH excluding ortho intramolecular Hbond substituents is 2. The number of phenols is 2. The molecule has 0 fully saturated rings. The summed E-state index contributed by atoms with van der Waals surface area (Å²) in [6, 6.07) is 15.9. The Balaban J connectivity index is 1.29. The molecule has 3 aliphatic heterocycles. The van der Waals surface area contributed by atoms with Gasteiger partial charge in [-0.3, -0.25) is 10.3 Å². The average molecular weight is 879 g/mol. The van der Waals surface area contributed by atoms with E-state index in [1.165, 1.54) is 12.7 Å². The fraction of sp³-hybridized carbons (Fsp3) is 0.510. The number of nitrogens with zero attached hydrogens (tertiary/aromatic N) is 1. The van der Waals surface area contributed by atoms with Crippen molar-refractivity contribution < 1.29 is 44.5 Å². The van der Waals surface area contributed by atoms with Gasteiger partial charge in [0.1, 0.15) is 29.0 Å². The third kappa shape index (κ3) is 9.35. The molecule has 0 spiro atoms. The van der Waals surface area contributed by atoms with E-state index >= 15 is 0 Å². The highest BCUT2D eigenvalue weighted by atomic mass is 16.6. The first-order valence-electron chi connectivity index (χ1n) is 22.9. The Labute approximate surface area is 376 Å². The number of hydrogen-bond donors (Lipinski definition) is 8. The summed E-state index contributed by atoms with van der Waals surface area (Å²) < 4.78 is 27.1. The van der Waals surface area contributed by atoms with Crippen molar-refractivity contribution >= 4 is 6.08 Å². The zero-order valence-electron chi connectivity index (χ0n) is 37.9. The molecule has 13 heteroatoms. The standard InChI is InChI=1S/C51H66N4O9/c1-30(2)23-50(3,60)26-53-28-54-27-51(62-29-52-4)24-42-41-20-34(18-31-8-13-43-32(17-31)14-15-55-43)40-22-36(58)9-11-38(40)45(41)48-39(12-10-37(25-57)63-48)47(42)64-49(51)35-19-33(7-6-16-56)46(59)44(21-35)61-5/h8-9,11,13-14,17,19,21-22,30,34,37,49,52-54,56-60H,6-7,10,12,15-16,18,20,23-29H2,1-5H3/t34-,37+,49+,50-,51-/m0/s1. The van der Waals surface area contributed by atoms with Crippen LogP contribution in [0.2, 0.25) is 0 Å². The van der Waals surface area contributed by atoms with E-state index in [4.69, 9.17) is 18.9 Å². The van der Waals surface area contributed by atoms with Crippen molar-refractivity contribution in [2.24, 2.45) is 10.9 Å². The second-order valence-electron chi connectivity index (χ2n) is 18.8. The number of nitrogens with one attached hydrogen (secondary N) is 3. The first kappa shape index (κ1) is 45.8. The number of aliphatic hydroxyl groups excluding tert-OH is 2. The lowest BCUT2D eigenvalue weighted by molar-refractivity contribution is -0.129. The van der Waals surface area contributed by atoms with E-state index in [2.05, 4.69) is 59.1 Å². The highest BCUT2D eigenvalue weighted by molar-refractivity contribution is 5.85. The van der Waals surface area contributed by atoms with Crippen LogP contribution in [-0.2, 0) is 36.8 Å². The van der Waals surface area contributed by atoms with Crippen LogP contribution >= 0.6 is 0 Å². The van der Waals surface area contributed by atoms with Gasteiger partial charge in [-0.15, -0.1) is 0 Å². The average Bonchev–Trinajstić information content (AvgIpc) is 3.75. The van der Waals surface area contributed by atoms with Crippen molar-refractivity contribution in [1.82, 2.24) is 16.0 Å². The maximum atomic E-state index is 11.3. The third-order valence-corrected chi connectivity index (χ3v) is 13.3. The largest absolute Gasteiger partial charge is 0.508 e. The summed E-state index contributed by atoms with van der Waals surface area (Å²) in [4.78, 5) is 4.61. The van der Waals surface area contributed by atoms with Crippen LogP contribution in [0.15, 0.2) is 53.5 Å². The summed E-state index contributed by atoms with van der Waals surface area (Å²) in [6.45, 7) is 7.92. The maximum absolute atomic E-state index is 11.3. The zero-order valence-corrected chi connectivity index (χ0v) is 37.9. The second kappa shape index (κ2) is 19.4. The Morgan fingerprint density at radius 3 is 2.61 bits per heavy atom. The minimum atomic E-state index is -1.04. The first-order valence-corrected chi connectivity index (χ1v) is 22.9. The van der Waals surface area contributed by atoms with Crippen LogP contribution < -0.4 is 40.7 Å². The van der Waals surface area contributed by atoms with Gasteiger partial charge in [0.25, 0.3) is 0 Å². The molecule has 4 aromatic rings. The van der Waals surface area contributed by atoms with Crippen molar-refractivity contribution in [2.75, 3.05) is 60.4 Å². The molecule has 0 amide bonds. The third-order valence-electron chi connectivity index (χ3n) is 13.3. The molecule has 1 aliphatic carbocycles. The second-order valence-corrected chi connectivity index (χ2v) is 18.8. The zero-order chi connectivity index (χ0) is 45.2. The number of rotatable bonds is 19. The van der Waals surface area contributed by atoms with Crippen LogP contribution in [0, 0.1) is 5.92 Å². The lowest BCUT2D eigenvalue weighted by Gasteiger charge is -2.47. The first-order chi connectivity index (χ1) is 30.9. The van der Waals surface area contributed by atoms with Gasteiger partial charge in [0.2, 0.25) is 0 Å². The molecule has 0 bridgehead atoms. The highest BCUT2D eigenvalue weighted by Gasteiger charge is 2.50. The lowest BCUT2D eigenvalue weighted by Crippen LogP contribution is -2.56. The number of methoxy groups -OCH3 is 1. The number of benzene rings is 4. The molecule has 344 valence electrons. The molecular formula is C51H66N4O9. The Morgan fingerprint density at radius 1 is 1.00 bits per heavy atom. The van der Waals surface area contributed by atoms with Crippen molar-refractivity contribution in [1.29, 1.82) is 0 Å². The lowest BCUT2D eigenvalue weighted by atomic mass is 9.70. The molecule has 0 unspecified atom stereocenters. The fourth-order valence-electron chi connectivity index (χ4n) is 10.6. The summed E-state index contributed by atoms with van der Waals surface area (Å²) in [5.74, 6) is 2.29. The molecule has 64 heavy (non-hydrogen) atoms. The molecular weight excluding hydrogens is 813 g/mol. The molecule has 13 nitrogen and oxygen atoms in total. The molecule has 8 rings (SSSR count). The van der Waals surface area contributed by atoms with Crippen LogP contribution in [0.1, 0.15) is 91.0 Å². The van der Waals surface area contributed by atoms with Crippen molar-refractivity contribution in [3.63, 3.8) is 0 Å². The Hall–Kier alpha value is -4.73. The van der Waals surface area contributed by atoms with Crippen LogP contribution in [0.3, 0.4) is 0 Å². The molecule has 0 saturated carbocycles. The summed E-state index contributed by atoms with van der Waals surface area (Å²) >= 11 is 0. The van der Waals surface area contributed by atoms with E-state index < -0.39 is 23.4 Å². The van der Waals surface area contributed by atoms with E-state index in [1.807, 2.05) is 38.2 Å². The fourth-order valence-corrected chi connectivity index (χ4v) is 10.6. The summed E-state index contributed by atoms with van der Waals surface area (Å²) in [5.41, 5.74) is 6.66. The maximum Gasteiger partial charge on any atom is 0.161 e. The van der Waals surface area contributed by atoms with E-state index in [-0.39, 0.29) is 37.4 Å². The van der Waals surface area contributed by atoms with Gasteiger partial charge in [-0.2, -0.15) is 0 Å². The molecule has 3 heterocycles. The summed E-state index contributed by atoms with van der Waals surface area (Å²) in [7, 11) is 3.37.